The Bertz CT molecular complexity index is 953. The van der Waals surface area contributed by atoms with Crippen molar-refractivity contribution in [2.75, 3.05) is 20.3 Å². The Morgan fingerprint density at radius 1 is 1.07 bits per heavy atom. The van der Waals surface area contributed by atoms with Crippen molar-refractivity contribution in [1.82, 2.24) is 10.3 Å². The van der Waals surface area contributed by atoms with E-state index in [1.54, 1.807) is 18.4 Å². The van der Waals surface area contributed by atoms with E-state index in [9.17, 15) is 13.2 Å². The van der Waals surface area contributed by atoms with E-state index in [1.807, 2.05) is 31.2 Å². The van der Waals surface area contributed by atoms with E-state index >= 15 is 0 Å². The molecular weight excluding hydrogens is 397 g/mol. The number of nitrogens with one attached hydrogen (secondary N) is 1. The minimum absolute atomic E-state index is 0.0600. The number of nitrogens with zero attached hydrogens (tertiary/aromatic N) is 1. The van der Waals surface area contributed by atoms with E-state index in [-0.39, 0.29) is 11.5 Å². The summed E-state index contributed by atoms with van der Waals surface area (Å²) in [5, 5.41) is 3.28. The van der Waals surface area contributed by atoms with Crippen LogP contribution >= 0.6 is 0 Å². The second kappa shape index (κ2) is 9.67. The standard InChI is InChI=1S/C22H23F3N2O3/c1-15-3-6-17(7-4-15)21-27-18(13-29-21)9-10-26-12-16-5-8-19(20(11-16)28-2)30-14-22(23,24)25/h3-8,11,13,26H,9-10,12,14H2,1-2H3. The van der Waals surface area contributed by atoms with Crippen molar-refractivity contribution in [2.24, 2.45) is 0 Å². The van der Waals surface area contributed by atoms with Crippen LogP contribution in [0.3, 0.4) is 0 Å². The molecule has 0 bridgehead atoms. The maximum atomic E-state index is 12.3. The Labute approximate surface area is 172 Å². The third kappa shape index (κ3) is 6.25. The van der Waals surface area contributed by atoms with Crippen molar-refractivity contribution in [3.63, 3.8) is 0 Å². The number of alkyl halides is 3. The van der Waals surface area contributed by atoms with Crippen LogP contribution in [-0.4, -0.2) is 31.4 Å². The minimum Gasteiger partial charge on any atom is -0.493 e. The van der Waals surface area contributed by atoms with Gasteiger partial charge in [0.15, 0.2) is 18.1 Å². The smallest absolute Gasteiger partial charge is 0.422 e. The molecule has 160 valence electrons. The molecule has 3 rings (SSSR count). The normalized spacial score (nSPS) is 11.5. The van der Waals surface area contributed by atoms with Gasteiger partial charge in [-0.1, -0.05) is 23.8 Å². The highest BCUT2D eigenvalue weighted by Crippen LogP contribution is 2.29. The fourth-order valence-electron chi connectivity index (χ4n) is 2.80. The van der Waals surface area contributed by atoms with Gasteiger partial charge in [-0.2, -0.15) is 13.2 Å². The second-order valence-corrected chi connectivity index (χ2v) is 6.83. The molecule has 3 aromatic rings. The minimum atomic E-state index is -4.40. The number of oxazole rings is 1. The SMILES string of the molecule is COc1cc(CNCCc2coc(-c3ccc(C)cc3)n2)ccc1OCC(F)(F)F. The number of aryl methyl sites for hydroxylation is 1. The molecule has 0 atom stereocenters. The summed E-state index contributed by atoms with van der Waals surface area (Å²) in [5.74, 6) is 0.909. The summed E-state index contributed by atoms with van der Waals surface area (Å²) in [7, 11) is 1.39. The third-order valence-electron chi connectivity index (χ3n) is 4.36. The first-order chi connectivity index (χ1) is 14.3. The quantitative estimate of drug-likeness (QED) is 0.498. The molecule has 0 saturated heterocycles. The van der Waals surface area contributed by atoms with Gasteiger partial charge in [0.25, 0.3) is 0 Å². The first kappa shape index (κ1) is 21.7. The Kier molecular flexibility index (Phi) is 6.99. The first-order valence-electron chi connectivity index (χ1n) is 9.43. The Morgan fingerprint density at radius 3 is 2.53 bits per heavy atom. The fraction of sp³-hybridized carbons (Fsp3) is 0.318. The Balaban J connectivity index is 1.49. The van der Waals surface area contributed by atoms with E-state index in [0.29, 0.717) is 25.4 Å². The van der Waals surface area contributed by atoms with E-state index in [4.69, 9.17) is 13.9 Å². The average Bonchev–Trinajstić information content (AvgIpc) is 3.19. The number of rotatable bonds is 9. The summed E-state index contributed by atoms with van der Waals surface area (Å²) in [6, 6.07) is 12.8. The zero-order chi connectivity index (χ0) is 21.6. The van der Waals surface area contributed by atoms with Gasteiger partial charge in [-0.25, -0.2) is 4.98 Å². The predicted octanol–water partition coefficient (Wildman–Crippen LogP) is 4.93. The molecule has 0 radical (unpaired) electrons. The maximum Gasteiger partial charge on any atom is 0.422 e. The molecule has 0 spiro atoms. The van der Waals surface area contributed by atoms with Gasteiger partial charge in [0.05, 0.1) is 12.8 Å². The van der Waals surface area contributed by atoms with Crippen molar-refractivity contribution in [2.45, 2.75) is 26.1 Å². The zero-order valence-corrected chi connectivity index (χ0v) is 16.8. The monoisotopic (exact) mass is 420 g/mol. The van der Waals surface area contributed by atoms with Crippen LogP contribution in [0.25, 0.3) is 11.5 Å². The van der Waals surface area contributed by atoms with Crippen molar-refractivity contribution >= 4 is 0 Å². The molecule has 1 heterocycles. The molecule has 1 N–H and O–H groups in total. The molecule has 5 nitrogen and oxygen atoms in total. The van der Waals surface area contributed by atoms with Crippen LogP contribution in [0.1, 0.15) is 16.8 Å². The number of hydrogen-bond acceptors (Lipinski definition) is 5. The summed E-state index contributed by atoms with van der Waals surface area (Å²) >= 11 is 0. The van der Waals surface area contributed by atoms with Gasteiger partial charge >= 0.3 is 6.18 Å². The molecule has 8 heteroatoms. The van der Waals surface area contributed by atoms with Crippen LogP contribution in [0.4, 0.5) is 13.2 Å². The number of aromatic nitrogens is 1. The highest BCUT2D eigenvalue weighted by Gasteiger charge is 2.29. The van der Waals surface area contributed by atoms with Gasteiger partial charge in [-0.15, -0.1) is 0 Å². The number of halogens is 3. The predicted molar refractivity (Wildman–Crippen MR) is 107 cm³/mol. The number of hydrogen-bond donors (Lipinski definition) is 1. The topological polar surface area (TPSA) is 56.5 Å². The van der Waals surface area contributed by atoms with E-state index in [2.05, 4.69) is 10.3 Å². The molecule has 1 aromatic heterocycles. The highest BCUT2D eigenvalue weighted by molar-refractivity contribution is 5.53. The van der Waals surface area contributed by atoms with Crippen LogP contribution in [0.5, 0.6) is 11.5 Å². The molecule has 0 unspecified atom stereocenters. The van der Waals surface area contributed by atoms with E-state index < -0.39 is 12.8 Å². The molecular formula is C22H23F3N2O3. The van der Waals surface area contributed by atoms with E-state index in [1.165, 1.54) is 18.7 Å². The molecule has 0 fully saturated rings. The van der Waals surface area contributed by atoms with Crippen molar-refractivity contribution < 1.29 is 27.1 Å². The zero-order valence-electron chi connectivity index (χ0n) is 16.8. The molecule has 30 heavy (non-hydrogen) atoms. The highest BCUT2D eigenvalue weighted by atomic mass is 19.4. The summed E-state index contributed by atoms with van der Waals surface area (Å²) in [6.45, 7) is 1.85. The van der Waals surface area contributed by atoms with Crippen LogP contribution in [0, 0.1) is 6.92 Å². The van der Waals surface area contributed by atoms with Crippen molar-refractivity contribution in [3.8, 4) is 23.0 Å². The van der Waals surface area contributed by atoms with Gasteiger partial charge in [-0.3, -0.25) is 0 Å². The summed E-state index contributed by atoms with van der Waals surface area (Å²) in [5.41, 5.74) is 3.81. The lowest BCUT2D eigenvalue weighted by atomic mass is 10.1. The van der Waals surface area contributed by atoms with Gasteiger partial charge in [0.1, 0.15) is 6.26 Å². The van der Waals surface area contributed by atoms with Crippen LogP contribution in [-0.2, 0) is 13.0 Å². The molecule has 0 saturated carbocycles. The molecule has 0 aliphatic heterocycles. The molecule has 2 aromatic carbocycles. The molecule has 0 amide bonds. The van der Waals surface area contributed by atoms with Gasteiger partial charge < -0.3 is 19.2 Å². The van der Waals surface area contributed by atoms with Crippen LogP contribution in [0.15, 0.2) is 53.1 Å². The summed E-state index contributed by atoms with van der Waals surface area (Å²) < 4.78 is 52.5. The molecule has 0 aliphatic carbocycles. The maximum absolute atomic E-state index is 12.3. The number of benzene rings is 2. The van der Waals surface area contributed by atoms with Crippen LogP contribution in [0.2, 0.25) is 0 Å². The average molecular weight is 420 g/mol. The fourth-order valence-corrected chi connectivity index (χ4v) is 2.80. The first-order valence-corrected chi connectivity index (χ1v) is 9.43. The van der Waals surface area contributed by atoms with E-state index in [0.717, 1.165) is 16.8 Å². The van der Waals surface area contributed by atoms with Gasteiger partial charge in [0, 0.05) is 25.1 Å². The Hall–Kier alpha value is -3.00. The van der Waals surface area contributed by atoms with Gasteiger partial charge in [-0.05, 0) is 36.8 Å². The lowest BCUT2D eigenvalue weighted by Gasteiger charge is -2.13. The van der Waals surface area contributed by atoms with Crippen molar-refractivity contribution in [1.29, 1.82) is 0 Å². The lowest BCUT2D eigenvalue weighted by molar-refractivity contribution is -0.153. The van der Waals surface area contributed by atoms with Crippen molar-refractivity contribution in [3.05, 3.63) is 65.5 Å². The number of methoxy groups -OCH3 is 1. The number of ether oxygens (including phenoxy) is 2. The summed E-state index contributed by atoms with van der Waals surface area (Å²) in [4.78, 5) is 4.50. The third-order valence-corrected chi connectivity index (χ3v) is 4.36. The second-order valence-electron chi connectivity index (χ2n) is 6.83. The Morgan fingerprint density at radius 2 is 1.83 bits per heavy atom. The molecule has 0 aliphatic rings. The summed E-state index contributed by atoms with van der Waals surface area (Å²) in [6.07, 6.45) is -2.07. The lowest BCUT2D eigenvalue weighted by Crippen LogP contribution is -2.19. The largest absolute Gasteiger partial charge is 0.493 e. The van der Waals surface area contributed by atoms with Gasteiger partial charge in [0.2, 0.25) is 5.89 Å². The van der Waals surface area contributed by atoms with Crippen LogP contribution < -0.4 is 14.8 Å².